The summed E-state index contributed by atoms with van der Waals surface area (Å²) in [5.74, 6) is -2.54. The molecule has 184 valence electrons. The molecule has 0 atom stereocenters. The van der Waals surface area contributed by atoms with Crippen LogP contribution < -0.4 is 4.74 Å². The highest BCUT2D eigenvalue weighted by molar-refractivity contribution is 5.98. The SMILES string of the molecule is O=C(O)C1(C(=O)O)CCN(Cc2ccc(-c3noc(-c4ccc(OC(F)(F)F)cc4)n3)cc2)CC1. The Kier molecular flexibility index (Phi) is 6.48. The van der Waals surface area contributed by atoms with Gasteiger partial charge >= 0.3 is 18.3 Å². The minimum Gasteiger partial charge on any atom is -0.480 e. The van der Waals surface area contributed by atoms with Gasteiger partial charge in [-0.3, -0.25) is 14.5 Å². The molecule has 9 nitrogen and oxygen atoms in total. The highest BCUT2D eigenvalue weighted by Gasteiger charge is 2.48. The number of halogens is 3. The Bertz CT molecular complexity index is 1180. The first-order chi connectivity index (χ1) is 16.6. The number of hydrogen-bond acceptors (Lipinski definition) is 7. The number of carboxylic acids is 2. The Labute approximate surface area is 196 Å². The lowest BCUT2D eigenvalue weighted by atomic mass is 9.78. The van der Waals surface area contributed by atoms with Crippen molar-refractivity contribution in [1.29, 1.82) is 0 Å². The lowest BCUT2D eigenvalue weighted by molar-refractivity contribution is -0.274. The summed E-state index contributed by atoms with van der Waals surface area (Å²) in [4.78, 5) is 29.2. The number of alkyl halides is 3. The zero-order valence-electron chi connectivity index (χ0n) is 18.2. The molecule has 1 aliphatic rings. The van der Waals surface area contributed by atoms with E-state index in [9.17, 15) is 33.0 Å². The number of carboxylic acid groups (broad SMARTS) is 2. The first kappa shape index (κ1) is 24.2. The molecule has 0 amide bonds. The van der Waals surface area contributed by atoms with Gasteiger partial charge in [0.05, 0.1) is 0 Å². The maximum Gasteiger partial charge on any atom is 0.573 e. The smallest absolute Gasteiger partial charge is 0.480 e. The maximum absolute atomic E-state index is 12.3. The monoisotopic (exact) mass is 491 g/mol. The van der Waals surface area contributed by atoms with Gasteiger partial charge in [0.25, 0.3) is 5.89 Å². The molecule has 0 unspecified atom stereocenters. The molecule has 0 aliphatic carbocycles. The summed E-state index contributed by atoms with van der Waals surface area (Å²) in [6.07, 6.45) is -4.71. The van der Waals surface area contributed by atoms with E-state index in [1.165, 1.54) is 12.1 Å². The largest absolute Gasteiger partial charge is 0.573 e. The number of nitrogens with zero attached hydrogens (tertiary/aromatic N) is 3. The van der Waals surface area contributed by atoms with Crippen molar-refractivity contribution in [2.24, 2.45) is 5.41 Å². The Morgan fingerprint density at radius 3 is 2.09 bits per heavy atom. The van der Waals surface area contributed by atoms with Gasteiger partial charge in [-0.1, -0.05) is 29.4 Å². The van der Waals surface area contributed by atoms with E-state index in [0.717, 1.165) is 17.7 Å². The van der Waals surface area contributed by atoms with Crippen molar-refractivity contribution in [2.75, 3.05) is 13.1 Å². The van der Waals surface area contributed by atoms with Gasteiger partial charge in [0, 0.05) is 30.8 Å². The first-order valence-corrected chi connectivity index (χ1v) is 10.5. The van der Waals surface area contributed by atoms with Crippen molar-refractivity contribution >= 4 is 11.9 Å². The fourth-order valence-electron chi connectivity index (χ4n) is 3.89. The second-order valence-electron chi connectivity index (χ2n) is 8.16. The van der Waals surface area contributed by atoms with E-state index in [4.69, 9.17) is 4.52 Å². The number of ether oxygens (including phenoxy) is 1. The van der Waals surface area contributed by atoms with E-state index in [2.05, 4.69) is 14.9 Å². The van der Waals surface area contributed by atoms with E-state index in [1.807, 2.05) is 17.0 Å². The van der Waals surface area contributed by atoms with Crippen LogP contribution in [0.25, 0.3) is 22.8 Å². The number of aromatic nitrogens is 2. The van der Waals surface area contributed by atoms with Gasteiger partial charge < -0.3 is 19.5 Å². The van der Waals surface area contributed by atoms with Crippen LogP contribution in [0.15, 0.2) is 53.1 Å². The molecule has 4 rings (SSSR count). The van der Waals surface area contributed by atoms with E-state index in [-0.39, 0.29) is 24.5 Å². The van der Waals surface area contributed by atoms with Crippen LogP contribution in [-0.2, 0) is 16.1 Å². The molecular weight excluding hydrogens is 471 g/mol. The number of aliphatic carboxylic acids is 2. The molecule has 0 bridgehead atoms. The van der Waals surface area contributed by atoms with Crippen LogP contribution in [0, 0.1) is 5.41 Å². The van der Waals surface area contributed by atoms with Crippen LogP contribution >= 0.6 is 0 Å². The third-order valence-corrected chi connectivity index (χ3v) is 5.91. The second-order valence-corrected chi connectivity index (χ2v) is 8.16. The van der Waals surface area contributed by atoms with Crippen LogP contribution in [0.1, 0.15) is 18.4 Å². The highest BCUT2D eigenvalue weighted by atomic mass is 19.4. The van der Waals surface area contributed by atoms with E-state index >= 15 is 0 Å². The van der Waals surface area contributed by atoms with Crippen LogP contribution in [-0.4, -0.2) is 56.6 Å². The van der Waals surface area contributed by atoms with E-state index < -0.39 is 23.7 Å². The highest BCUT2D eigenvalue weighted by Crippen LogP contribution is 2.33. The molecule has 1 fully saturated rings. The van der Waals surface area contributed by atoms with E-state index in [0.29, 0.717) is 36.6 Å². The lowest BCUT2D eigenvalue weighted by Crippen LogP contribution is -2.48. The summed E-state index contributed by atoms with van der Waals surface area (Å²) in [6, 6.07) is 12.3. The summed E-state index contributed by atoms with van der Waals surface area (Å²) in [7, 11) is 0. The molecule has 1 aliphatic heterocycles. The molecule has 3 aromatic rings. The average Bonchev–Trinajstić information content (AvgIpc) is 3.29. The van der Waals surface area contributed by atoms with Crippen LogP contribution in [0.3, 0.4) is 0 Å². The number of hydrogen-bond donors (Lipinski definition) is 2. The van der Waals surface area contributed by atoms with Crippen molar-refractivity contribution < 1.29 is 42.2 Å². The molecule has 0 spiro atoms. The predicted octanol–water partition coefficient (Wildman–Crippen LogP) is 4.05. The summed E-state index contributed by atoms with van der Waals surface area (Å²) >= 11 is 0. The molecule has 35 heavy (non-hydrogen) atoms. The lowest BCUT2D eigenvalue weighted by Gasteiger charge is -2.36. The van der Waals surface area contributed by atoms with Gasteiger partial charge in [-0.2, -0.15) is 4.98 Å². The van der Waals surface area contributed by atoms with Crippen LogP contribution in [0.5, 0.6) is 5.75 Å². The molecule has 2 N–H and O–H groups in total. The van der Waals surface area contributed by atoms with Crippen molar-refractivity contribution in [2.45, 2.75) is 25.7 Å². The summed E-state index contributed by atoms with van der Waals surface area (Å²) in [5, 5.41) is 22.6. The van der Waals surface area contributed by atoms with Gasteiger partial charge in [-0.15, -0.1) is 13.2 Å². The minimum atomic E-state index is -4.78. The van der Waals surface area contributed by atoms with Crippen molar-refractivity contribution in [3.05, 3.63) is 54.1 Å². The summed E-state index contributed by atoms with van der Waals surface area (Å²) in [5.41, 5.74) is 0.299. The summed E-state index contributed by atoms with van der Waals surface area (Å²) in [6.45, 7) is 1.22. The maximum atomic E-state index is 12.3. The molecular formula is C23H20F3N3O6. The van der Waals surface area contributed by atoms with Gasteiger partial charge in [0.1, 0.15) is 5.75 Å². The fraction of sp³-hybridized carbons (Fsp3) is 0.304. The molecule has 12 heteroatoms. The van der Waals surface area contributed by atoms with Crippen LogP contribution in [0.2, 0.25) is 0 Å². The van der Waals surface area contributed by atoms with Crippen molar-refractivity contribution in [3.63, 3.8) is 0 Å². The Hall–Kier alpha value is -3.93. The zero-order valence-corrected chi connectivity index (χ0v) is 18.2. The van der Waals surface area contributed by atoms with Gasteiger partial charge in [0.2, 0.25) is 5.82 Å². The predicted molar refractivity (Wildman–Crippen MR) is 114 cm³/mol. The summed E-state index contributed by atoms with van der Waals surface area (Å²) < 4.78 is 46.0. The third-order valence-electron chi connectivity index (χ3n) is 5.91. The van der Waals surface area contributed by atoms with Gasteiger partial charge in [0.15, 0.2) is 5.41 Å². The Morgan fingerprint density at radius 2 is 1.54 bits per heavy atom. The molecule has 2 aromatic carbocycles. The fourth-order valence-corrected chi connectivity index (χ4v) is 3.89. The van der Waals surface area contributed by atoms with Crippen LogP contribution in [0.4, 0.5) is 13.2 Å². The number of likely N-dealkylation sites (tertiary alicyclic amines) is 1. The number of piperidine rings is 1. The number of rotatable bonds is 7. The Morgan fingerprint density at radius 1 is 0.971 bits per heavy atom. The normalized spacial score (nSPS) is 16.1. The molecule has 2 heterocycles. The minimum absolute atomic E-state index is 0.0324. The van der Waals surface area contributed by atoms with Crippen molar-refractivity contribution in [3.8, 4) is 28.6 Å². The topological polar surface area (TPSA) is 126 Å². The first-order valence-electron chi connectivity index (χ1n) is 10.5. The third kappa shape index (κ3) is 5.43. The number of carbonyl (C=O) groups is 2. The molecule has 0 radical (unpaired) electrons. The second kappa shape index (κ2) is 9.37. The standard InChI is InChI=1S/C23H20F3N3O6/c24-23(25,26)34-17-7-5-16(6-8-17)19-27-18(28-35-19)15-3-1-14(2-4-15)13-29-11-9-22(10-12-29,20(30)31)21(32)33/h1-8H,9-13H2,(H,30,31)(H,32,33). The molecule has 1 aromatic heterocycles. The molecule has 1 saturated heterocycles. The van der Waals surface area contributed by atoms with Crippen molar-refractivity contribution in [1.82, 2.24) is 15.0 Å². The Balaban J connectivity index is 1.38. The average molecular weight is 491 g/mol. The zero-order chi connectivity index (χ0) is 25.2. The van der Waals surface area contributed by atoms with Gasteiger partial charge in [-0.25, -0.2) is 0 Å². The number of benzene rings is 2. The quantitative estimate of drug-likeness (QED) is 0.471. The van der Waals surface area contributed by atoms with Gasteiger partial charge in [-0.05, 0) is 42.7 Å². The molecule has 0 saturated carbocycles. The van der Waals surface area contributed by atoms with E-state index in [1.54, 1.807) is 12.1 Å².